The van der Waals surface area contributed by atoms with Gasteiger partial charge in [0.15, 0.2) is 0 Å². The predicted octanol–water partition coefficient (Wildman–Crippen LogP) is 5.49. The van der Waals surface area contributed by atoms with E-state index in [2.05, 4.69) is 11.4 Å². The Labute approximate surface area is 151 Å². The van der Waals surface area contributed by atoms with Crippen LogP contribution in [0.25, 0.3) is 32.7 Å². The standard InChI is InChI=1S/C23H16N2O/c1-15(26)25-21-13-12-17-7-3-5-9-20(17)23(21)22-18(14-24)11-10-16-6-2-4-8-19(16)22/h2-13H,1H3,(H,25,26). The topological polar surface area (TPSA) is 52.9 Å². The zero-order chi connectivity index (χ0) is 18.1. The van der Waals surface area contributed by atoms with E-state index in [0.717, 1.165) is 32.7 Å². The molecule has 0 aliphatic carbocycles. The number of fused-ring (bicyclic) bond motifs is 2. The third-order valence-corrected chi connectivity index (χ3v) is 4.54. The van der Waals surface area contributed by atoms with Gasteiger partial charge in [0.25, 0.3) is 0 Å². The molecule has 0 spiro atoms. The normalized spacial score (nSPS) is 10.6. The van der Waals surface area contributed by atoms with Gasteiger partial charge in [-0.25, -0.2) is 0 Å². The van der Waals surface area contributed by atoms with Crippen molar-refractivity contribution in [2.75, 3.05) is 5.32 Å². The molecule has 0 radical (unpaired) electrons. The van der Waals surface area contributed by atoms with Crippen LogP contribution in [0.4, 0.5) is 5.69 Å². The Hall–Kier alpha value is -3.64. The average molecular weight is 336 g/mol. The van der Waals surface area contributed by atoms with E-state index in [1.54, 1.807) is 0 Å². The second kappa shape index (κ2) is 6.34. The van der Waals surface area contributed by atoms with Crippen LogP contribution in [0, 0.1) is 11.3 Å². The van der Waals surface area contributed by atoms with Crippen molar-refractivity contribution in [3.63, 3.8) is 0 Å². The SMILES string of the molecule is CC(=O)Nc1ccc2ccccc2c1-c1c(C#N)ccc2ccccc12. The number of hydrogen-bond acceptors (Lipinski definition) is 2. The van der Waals surface area contributed by atoms with Gasteiger partial charge in [0.05, 0.1) is 11.6 Å². The van der Waals surface area contributed by atoms with E-state index in [1.807, 2.05) is 72.8 Å². The molecule has 0 aromatic heterocycles. The van der Waals surface area contributed by atoms with Gasteiger partial charge in [0, 0.05) is 23.7 Å². The van der Waals surface area contributed by atoms with Crippen molar-refractivity contribution in [2.45, 2.75) is 6.92 Å². The average Bonchev–Trinajstić information content (AvgIpc) is 2.67. The van der Waals surface area contributed by atoms with Gasteiger partial charge in [-0.2, -0.15) is 5.26 Å². The minimum absolute atomic E-state index is 0.139. The molecule has 26 heavy (non-hydrogen) atoms. The Balaban J connectivity index is 2.20. The fourth-order valence-electron chi connectivity index (χ4n) is 3.47. The zero-order valence-corrected chi connectivity index (χ0v) is 14.3. The van der Waals surface area contributed by atoms with Gasteiger partial charge in [-0.15, -0.1) is 0 Å². The fourth-order valence-corrected chi connectivity index (χ4v) is 3.47. The first-order valence-electron chi connectivity index (χ1n) is 8.40. The third kappa shape index (κ3) is 2.58. The molecule has 0 fully saturated rings. The maximum absolute atomic E-state index is 11.8. The van der Waals surface area contributed by atoms with E-state index in [4.69, 9.17) is 0 Å². The molecule has 0 heterocycles. The minimum Gasteiger partial charge on any atom is -0.326 e. The quantitative estimate of drug-likeness (QED) is 0.526. The summed E-state index contributed by atoms with van der Waals surface area (Å²) in [6, 6.07) is 26.0. The molecule has 4 aromatic carbocycles. The Bertz CT molecular complexity index is 1200. The van der Waals surface area contributed by atoms with E-state index >= 15 is 0 Å². The van der Waals surface area contributed by atoms with E-state index in [1.165, 1.54) is 6.92 Å². The second-order valence-corrected chi connectivity index (χ2v) is 6.21. The number of amides is 1. The Morgan fingerprint density at radius 2 is 1.38 bits per heavy atom. The van der Waals surface area contributed by atoms with Gasteiger partial charge in [-0.1, -0.05) is 60.7 Å². The number of nitrogens with zero attached hydrogens (tertiary/aromatic N) is 1. The first-order valence-corrected chi connectivity index (χ1v) is 8.40. The van der Waals surface area contributed by atoms with Crippen molar-refractivity contribution >= 4 is 33.1 Å². The molecule has 0 bridgehead atoms. The van der Waals surface area contributed by atoms with Crippen molar-refractivity contribution in [1.29, 1.82) is 5.26 Å². The van der Waals surface area contributed by atoms with E-state index in [9.17, 15) is 10.1 Å². The number of nitriles is 1. The van der Waals surface area contributed by atoms with Crippen LogP contribution in [0.1, 0.15) is 12.5 Å². The number of rotatable bonds is 2. The molecule has 3 heteroatoms. The zero-order valence-electron chi connectivity index (χ0n) is 14.3. The Kier molecular flexibility index (Phi) is 3.87. The fraction of sp³-hybridized carbons (Fsp3) is 0.0435. The van der Waals surface area contributed by atoms with E-state index in [0.29, 0.717) is 11.3 Å². The molecule has 4 rings (SSSR count). The van der Waals surface area contributed by atoms with Gasteiger partial charge in [-0.05, 0) is 33.7 Å². The minimum atomic E-state index is -0.139. The largest absolute Gasteiger partial charge is 0.326 e. The monoisotopic (exact) mass is 336 g/mol. The molecule has 0 atom stereocenters. The third-order valence-electron chi connectivity index (χ3n) is 4.54. The summed E-state index contributed by atoms with van der Waals surface area (Å²) in [5.41, 5.74) is 3.04. The number of anilines is 1. The van der Waals surface area contributed by atoms with Crippen molar-refractivity contribution in [3.8, 4) is 17.2 Å². The van der Waals surface area contributed by atoms with Gasteiger partial charge in [0.1, 0.15) is 0 Å². The smallest absolute Gasteiger partial charge is 0.221 e. The Morgan fingerprint density at radius 3 is 2.00 bits per heavy atom. The first-order chi connectivity index (χ1) is 12.7. The molecular weight excluding hydrogens is 320 g/mol. The summed E-state index contributed by atoms with van der Waals surface area (Å²) in [5.74, 6) is -0.139. The maximum atomic E-state index is 11.8. The van der Waals surface area contributed by atoms with Crippen LogP contribution in [0.2, 0.25) is 0 Å². The van der Waals surface area contributed by atoms with Crippen molar-refractivity contribution in [2.24, 2.45) is 0 Å². The summed E-state index contributed by atoms with van der Waals surface area (Å²) in [6.45, 7) is 1.49. The van der Waals surface area contributed by atoms with Crippen LogP contribution in [0.15, 0.2) is 72.8 Å². The molecule has 0 aliphatic rings. The van der Waals surface area contributed by atoms with Crippen LogP contribution < -0.4 is 5.32 Å². The summed E-state index contributed by atoms with van der Waals surface area (Å²) >= 11 is 0. The summed E-state index contributed by atoms with van der Waals surface area (Å²) in [4.78, 5) is 11.8. The van der Waals surface area contributed by atoms with Crippen LogP contribution in [-0.4, -0.2) is 5.91 Å². The Morgan fingerprint density at radius 1 is 0.808 bits per heavy atom. The van der Waals surface area contributed by atoms with Gasteiger partial charge < -0.3 is 5.32 Å². The second-order valence-electron chi connectivity index (χ2n) is 6.21. The molecule has 0 saturated carbocycles. The lowest BCUT2D eigenvalue weighted by Gasteiger charge is -2.17. The summed E-state index contributed by atoms with van der Waals surface area (Å²) in [6.07, 6.45) is 0. The highest BCUT2D eigenvalue weighted by atomic mass is 16.1. The molecule has 0 saturated heterocycles. The number of nitrogens with one attached hydrogen (secondary N) is 1. The molecule has 0 unspecified atom stereocenters. The van der Waals surface area contributed by atoms with Crippen LogP contribution in [-0.2, 0) is 4.79 Å². The number of carbonyl (C=O) groups is 1. The number of carbonyl (C=O) groups excluding carboxylic acids is 1. The maximum Gasteiger partial charge on any atom is 0.221 e. The summed E-state index contributed by atoms with van der Waals surface area (Å²) in [7, 11) is 0. The first kappa shape index (κ1) is 15.9. The molecule has 3 nitrogen and oxygen atoms in total. The molecule has 0 aliphatic heterocycles. The van der Waals surface area contributed by atoms with Crippen LogP contribution >= 0.6 is 0 Å². The van der Waals surface area contributed by atoms with Gasteiger partial charge in [-0.3, -0.25) is 4.79 Å². The lowest BCUT2D eigenvalue weighted by molar-refractivity contribution is -0.114. The highest BCUT2D eigenvalue weighted by Crippen LogP contribution is 2.41. The molecule has 124 valence electrons. The van der Waals surface area contributed by atoms with Crippen molar-refractivity contribution in [3.05, 3.63) is 78.4 Å². The summed E-state index contributed by atoms with van der Waals surface area (Å²) < 4.78 is 0. The summed E-state index contributed by atoms with van der Waals surface area (Å²) in [5, 5.41) is 16.8. The van der Waals surface area contributed by atoms with Crippen molar-refractivity contribution < 1.29 is 4.79 Å². The van der Waals surface area contributed by atoms with Gasteiger partial charge >= 0.3 is 0 Å². The lowest BCUT2D eigenvalue weighted by Crippen LogP contribution is -2.07. The number of benzene rings is 4. The molecule has 4 aromatic rings. The number of hydrogen-bond donors (Lipinski definition) is 1. The molecular formula is C23H16N2O. The highest BCUT2D eigenvalue weighted by molar-refractivity contribution is 6.13. The molecule has 1 N–H and O–H groups in total. The molecule has 1 amide bonds. The lowest BCUT2D eigenvalue weighted by atomic mass is 9.89. The van der Waals surface area contributed by atoms with Crippen molar-refractivity contribution in [1.82, 2.24) is 0 Å². The van der Waals surface area contributed by atoms with Crippen LogP contribution in [0.5, 0.6) is 0 Å². The predicted molar refractivity (Wildman–Crippen MR) is 106 cm³/mol. The van der Waals surface area contributed by atoms with E-state index in [-0.39, 0.29) is 5.91 Å². The van der Waals surface area contributed by atoms with Gasteiger partial charge in [0.2, 0.25) is 5.91 Å². The highest BCUT2D eigenvalue weighted by Gasteiger charge is 2.17. The van der Waals surface area contributed by atoms with E-state index < -0.39 is 0 Å². The van der Waals surface area contributed by atoms with Crippen LogP contribution in [0.3, 0.4) is 0 Å².